The fourth-order valence-corrected chi connectivity index (χ4v) is 8.58. The number of hydrogen-bond donors (Lipinski definition) is 1. The van der Waals surface area contributed by atoms with Gasteiger partial charge in [-0.2, -0.15) is 0 Å². The molecule has 3 nitrogen and oxygen atoms in total. The molecule has 0 amide bonds. The Hall–Kier alpha value is -1.64. The molecule has 4 rings (SSSR count). The van der Waals surface area contributed by atoms with Gasteiger partial charge in [-0.05, 0) is 92.8 Å². The summed E-state index contributed by atoms with van der Waals surface area (Å²) < 4.78 is 0. The number of carbonyl (C=O) groups is 2. The molecule has 2 saturated carbocycles. The minimum Gasteiger partial charge on any atom is -0.478 e. The number of carboxylic acids is 1. The van der Waals surface area contributed by atoms with Gasteiger partial charge in [0, 0.05) is 17.4 Å². The molecule has 0 aromatic rings. The third kappa shape index (κ3) is 3.69. The Kier molecular flexibility index (Phi) is 6.11. The lowest BCUT2D eigenvalue weighted by molar-refractivity contribution is -0.139. The van der Waals surface area contributed by atoms with Crippen molar-refractivity contribution in [2.24, 2.45) is 39.9 Å². The first-order chi connectivity index (χ1) is 15.3. The van der Waals surface area contributed by atoms with E-state index in [1.807, 2.05) is 6.08 Å². The van der Waals surface area contributed by atoms with Gasteiger partial charge in [-0.25, -0.2) is 4.79 Å². The van der Waals surface area contributed by atoms with E-state index in [0.29, 0.717) is 35.0 Å². The molecule has 0 heterocycles. The molecule has 3 heteroatoms. The van der Waals surface area contributed by atoms with Crippen molar-refractivity contribution in [3.63, 3.8) is 0 Å². The number of hydrogen-bond acceptors (Lipinski definition) is 2. The number of allylic oxidation sites excluding steroid dienone is 4. The molecule has 2 fully saturated rings. The van der Waals surface area contributed by atoms with Crippen molar-refractivity contribution < 1.29 is 14.7 Å². The Labute approximate surface area is 200 Å². The van der Waals surface area contributed by atoms with Crippen LogP contribution in [0.4, 0.5) is 0 Å². The van der Waals surface area contributed by atoms with E-state index < -0.39 is 5.97 Å². The van der Waals surface area contributed by atoms with Crippen LogP contribution in [0.5, 0.6) is 0 Å². The van der Waals surface area contributed by atoms with E-state index in [1.54, 1.807) is 18.1 Å². The van der Waals surface area contributed by atoms with E-state index in [4.69, 9.17) is 11.7 Å². The fourth-order valence-electron chi connectivity index (χ4n) is 8.58. The maximum atomic E-state index is 12.8. The van der Waals surface area contributed by atoms with Crippen LogP contribution in [-0.4, -0.2) is 16.9 Å². The average Bonchev–Trinajstić information content (AvgIpc) is 3.06. The molecule has 4 aliphatic rings. The lowest BCUT2D eigenvalue weighted by atomic mass is 9.49. The van der Waals surface area contributed by atoms with Crippen molar-refractivity contribution in [1.29, 1.82) is 0 Å². The quantitative estimate of drug-likeness (QED) is 0.346. The third-order valence-electron chi connectivity index (χ3n) is 10.8. The molecule has 0 aromatic heterocycles. The van der Waals surface area contributed by atoms with Gasteiger partial charge in [0.1, 0.15) is 5.78 Å². The molecule has 0 radical (unpaired) electrons. The van der Waals surface area contributed by atoms with Crippen LogP contribution in [0.3, 0.4) is 0 Å². The minimum absolute atomic E-state index is 0.159. The summed E-state index contributed by atoms with van der Waals surface area (Å²) in [5, 5.41) is 9.12. The van der Waals surface area contributed by atoms with Crippen molar-refractivity contribution in [2.75, 3.05) is 0 Å². The summed E-state index contributed by atoms with van der Waals surface area (Å²) in [7, 11) is 0. The van der Waals surface area contributed by atoms with E-state index in [9.17, 15) is 9.59 Å². The fraction of sp³-hybridized carbons (Fsp3) is 0.733. The van der Waals surface area contributed by atoms with Crippen LogP contribution in [0.1, 0.15) is 99.3 Å². The number of aliphatic carboxylic acids is 1. The molecular formula is C30H44O3. The molecule has 4 aliphatic carbocycles. The van der Waals surface area contributed by atoms with Crippen molar-refractivity contribution in [1.82, 2.24) is 0 Å². The van der Waals surface area contributed by atoms with Crippen LogP contribution in [0.25, 0.3) is 0 Å². The summed E-state index contributed by atoms with van der Waals surface area (Å²) in [6.45, 7) is 18.1. The van der Waals surface area contributed by atoms with Crippen molar-refractivity contribution in [3.05, 3.63) is 34.9 Å². The van der Waals surface area contributed by atoms with Gasteiger partial charge >= 0.3 is 5.97 Å². The number of carbonyl (C=O) groups excluding carboxylic acids is 1. The molecule has 1 unspecified atom stereocenters. The Bertz CT molecular complexity index is 934. The lowest BCUT2D eigenvalue weighted by Gasteiger charge is -2.54. The highest BCUT2D eigenvalue weighted by Crippen LogP contribution is 2.69. The summed E-state index contributed by atoms with van der Waals surface area (Å²) in [5.74, 6) is 1.67. The predicted octanol–water partition coefficient (Wildman–Crippen LogP) is 7.53. The molecule has 0 aromatic carbocycles. The van der Waals surface area contributed by atoms with E-state index in [1.165, 1.54) is 18.4 Å². The van der Waals surface area contributed by atoms with E-state index in [-0.39, 0.29) is 16.2 Å². The summed E-state index contributed by atoms with van der Waals surface area (Å²) in [6, 6.07) is 0. The second-order valence-electron chi connectivity index (χ2n) is 12.8. The van der Waals surface area contributed by atoms with Crippen LogP contribution in [0.15, 0.2) is 34.9 Å². The second kappa shape index (κ2) is 8.24. The summed E-state index contributed by atoms with van der Waals surface area (Å²) in [6.07, 6.45) is 11.3. The van der Waals surface area contributed by atoms with Gasteiger partial charge in [-0.3, -0.25) is 4.79 Å². The van der Waals surface area contributed by atoms with Gasteiger partial charge in [0.25, 0.3) is 0 Å². The largest absolute Gasteiger partial charge is 0.478 e. The highest BCUT2D eigenvalue weighted by Gasteiger charge is 2.60. The number of carboxylic acid groups (broad SMARTS) is 1. The first-order valence-corrected chi connectivity index (χ1v) is 13.2. The van der Waals surface area contributed by atoms with Crippen molar-refractivity contribution in [3.8, 4) is 0 Å². The van der Waals surface area contributed by atoms with Gasteiger partial charge in [0.2, 0.25) is 0 Å². The molecule has 0 aliphatic heterocycles. The smallest absolute Gasteiger partial charge is 0.330 e. The van der Waals surface area contributed by atoms with Crippen molar-refractivity contribution >= 4 is 11.8 Å². The van der Waals surface area contributed by atoms with Crippen molar-refractivity contribution in [2.45, 2.75) is 99.3 Å². The zero-order valence-corrected chi connectivity index (χ0v) is 21.7. The first kappa shape index (κ1) is 24.5. The lowest BCUT2D eigenvalue weighted by Crippen LogP contribution is -2.50. The van der Waals surface area contributed by atoms with Gasteiger partial charge in [-0.15, -0.1) is 0 Å². The maximum Gasteiger partial charge on any atom is 0.330 e. The normalized spacial score (nSPS) is 39.1. The number of ketones is 1. The first-order valence-electron chi connectivity index (χ1n) is 13.2. The van der Waals surface area contributed by atoms with E-state index in [2.05, 4.69) is 34.6 Å². The Morgan fingerprint density at radius 1 is 1.12 bits per heavy atom. The van der Waals surface area contributed by atoms with Gasteiger partial charge in [-0.1, -0.05) is 64.0 Å². The van der Waals surface area contributed by atoms with E-state index in [0.717, 1.165) is 44.9 Å². The van der Waals surface area contributed by atoms with Gasteiger partial charge in [0.05, 0.1) is 0 Å². The molecule has 0 bridgehead atoms. The van der Waals surface area contributed by atoms with Crippen LogP contribution >= 0.6 is 0 Å². The molecule has 1 N–H and O–H groups in total. The summed E-state index contributed by atoms with van der Waals surface area (Å²) >= 11 is 0. The van der Waals surface area contributed by atoms with Crippen LogP contribution in [0.2, 0.25) is 0 Å². The topological polar surface area (TPSA) is 54.4 Å². The van der Waals surface area contributed by atoms with Crippen LogP contribution in [-0.2, 0) is 9.59 Å². The van der Waals surface area contributed by atoms with Crippen LogP contribution < -0.4 is 0 Å². The zero-order valence-electron chi connectivity index (χ0n) is 21.7. The second-order valence-corrected chi connectivity index (χ2v) is 12.8. The summed E-state index contributed by atoms with van der Waals surface area (Å²) in [5.41, 5.74) is 5.49. The molecule has 6 atom stereocenters. The molecule has 0 spiro atoms. The standard InChI is InChI=1S/C30H44O3/c1-18(9-8-10-19(2)27(32)33)21-13-15-29(6)22-11-12-25-28(4,5)26(31)14-16-30(25,7)24(22)17-23(29)20(21)3/h10,18,21,23,25H,3,8-9,11-17H2,1-2,4-7H3,(H,32,33)/b19-10-/t18-,21-,23+,25?,29+,30-/m1/s1. The SMILES string of the molecule is C=C1[C@@H]([C@H](C)CC/C=C(/C)C(=O)O)CC[C@@]2(C)C3=C(C[C@@H]12)[C@@]1(C)CCC(=O)C(C)(C)C1CC3. The monoisotopic (exact) mass is 452 g/mol. The molecule has 182 valence electrons. The van der Waals surface area contributed by atoms with Crippen LogP contribution in [0, 0.1) is 39.9 Å². The highest BCUT2D eigenvalue weighted by atomic mass is 16.4. The van der Waals surface area contributed by atoms with E-state index >= 15 is 0 Å². The number of Topliss-reactive ketones (excluding diaryl/α,β-unsaturated/α-hetero) is 1. The number of fused-ring (bicyclic) bond motifs is 4. The Morgan fingerprint density at radius 3 is 2.48 bits per heavy atom. The molecular weight excluding hydrogens is 408 g/mol. The van der Waals surface area contributed by atoms with Gasteiger partial charge < -0.3 is 5.11 Å². The zero-order chi connectivity index (χ0) is 24.3. The number of rotatable bonds is 5. The molecule has 0 saturated heterocycles. The Morgan fingerprint density at radius 2 is 1.82 bits per heavy atom. The maximum absolute atomic E-state index is 12.8. The molecule has 33 heavy (non-hydrogen) atoms. The third-order valence-corrected chi connectivity index (χ3v) is 10.8. The summed E-state index contributed by atoms with van der Waals surface area (Å²) in [4.78, 5) is 23.9. The Balaban J connectivity index is 1.54. The highest BCUT2D eigenvalue weighted by molar-refractivity contribution is 5.86. The predicted molar refractivity (Wildman–Crippen MR) is 134 cm³/mol. The minimum atomic E-state index is -0.817. The van der Waals surface area contributed by atoms with Gasteiger partial charge in [0.15, 0.2) is 0 Å². The average molecular weight is 453 g/mol.